The van der Waals surface area contributed by atoms with Crippen LogP contribution in [0, 0.1) is 0 Å². The van der Waals surface area contributed by atoms with Crippen LogP contribution in [-0.4, -0.2) is 54.2 Å². The molecule has 0 saturated carbocycles. The number of amides is 1. The number of fused-ring (bicyclic) bond motifs is 1. The molecule has 202 valence electrons. The summed E-state index contributed by atoms with van der Waals surface area (Å²) in [6.07, 6.45) is 8.13. The second kappa shape index (κ2) is 12.3. The lowest BCUT2D eigenvalue weighted by Gasteiger charge is -2.27. The third-order valence-electron chi connectivity index (χ3n) is 6.24. The Bertz CT molecular complexity index is 1610. The number of hydrogen-bond acceptors (Lipinski definition) is 7. The minimum atomic E-state index is -2.28. The topological polar surface area (TPSA) is 96.3 Å². The van der Waals surface area contributed by atoms with Gasteiger partial charge in [0.15, 0.2) is 0 Å². The third kappa shape index (κ3) is 6.27. The summed E-state index contributed by atoms with van der Waals surface area (Å²) in [7, 11) is 5.35. The van der Waals surface area contributed by atoms with Crippen LogP contribution >= 0.6 is 0 Å². The molecule has 39 heavy (non-hydrogen) atoms. The Morgan fingerprint density at radius 3 is 2.87 bits per heavy atom. The van der Waals surface area contributed by atoms with Gasteiger partial charge in [-0.25, -0.2) is 9.97 Å². The fourth-order valence-corrected chi connectivity index (χ4v) is 4.37. The van der Waals surface area contributed by atoms with Crippen LogP contribution in [0.1, 0.15) is 11.0 Å². The molecule has 9 nitrogen and oxygen atoms in total. The van der Waals surface area contributed by atoms with Gasteiger partial charge in [0.2, 0.25) is 11.9 Å². The average molecular weight is 529 g/mol. The van der Waals surface area contributed by atoms with Gasteiger partial charge in [-0.2, -0.15) is 0 Å². The Morgan fingerprint density at radius 2 is 2.10 bits per heavy atom. The van der Waals surface area contributed by atoms with Gasteiger partial charge in [0.1, 0.15) is 5.75 Å². The van der Waals surface area contributed by atoms with Crippen molar-refractivity contribution < 1.29 is 13.6 Å². The minimum absolute atomic E-state index is 0.343. The molecule has 9 heteroatoms. The molecule has 4 rings (SSSR count). The van der Waals surface area contributed by atoms with Crippen molar-refractivity contribution in [1.82, 2.24) is 19.9 Å². The highest BCUT2D eigenvalue weighted by Crippen LogP contribution is 2.38. The summed E-state index contributed by atoms with van der Waals surface area (Å²) in [4.78, 5) is 23.7. The van der Waals surface area contributed by atoms with Crippen molar-refractivity contribution >= 4 is 39.8 Å². The molecule has 2 aromatic carbocycles. The van der Waals surface area contributed by atoms with Crippen LogP contribution in [0.2, 0.25) is 0 Å². The summed E-state index contributed by atoms with van der Waals surface area (Å²) >= 11 is 0. The highest BCUT2D eigenvalue weighted by molar-refractivity contribution is 6.02. The Hall–Kier alpha value is -4.63. The first-order valence-electron chi connectivity index (χ1n) is 13.9. The SMILES string of the molecule is [2H]C([2H])([2H])NC(C)CN(C)c1cc(OC)c(Nc2nccc(-c3cn(C)c4ccccc34)n2)cc1NC(=O)/C=C/C=C. The van der Waals surface area contributed by atoms with Gasteiger partial charge in [0, 0.05) is 71.8 Å². The van der Waals surface area contributed by atoms with E-state index in [-0.39, 0.29) is 11.9 Å². The largest absolute Gasteiger partial charge is 0.494 e. The lowest BCUT2D eigenvalue weighted by molar-refractivity contribution is -0.111. The molecule has 0 spiro atoms. The number of allylic oxidation sites excluding steroid dienone is 2. The fourth-order valence-electron chi connectivity index (χ4n) is 4.37. The van der Waals surface area contributed by atoms with Crippen LogP contribution < -0.4 is 25.6 Å². The Balaban J connectivity index is 1.70. The maximum Gasteiger partial charge on any atom is 0.248 e. The van der Waals surface area contributed by atoms with Gasteiger partial charge in [-0.15, -0.1) is 0 Å². The summed E-state index contributed by atoms with van der Waals surface area (Å²) < 4.78 is 30.3. The second-order valence-electron chi connectivity index (χ2n) is 9.14. The molecular formula is C30H35N7O2. The smallest absolute Gasteiger partial charge is 0.248 e. The molecule has 0 aliphatic carbocycles. The van der Waals surface area contributed by atoms with Gasteiger partial charge in [-0.1, -0.05) is 36.9 Å². The van der Waals surface area contributed by atoms with Crippen molar-refractivity contribution in [3.63, 3.8) is 0 Å². The van der Waals surface area contributed by atoms with Crippen LogP contribution in [0.25, 0.3) is 22.2 Å². The van der Waals surface area contributed by atoms with E-state index < -0.39 is 6.98 Å². The van der Waals surface area contributed by atoms with E-state index >= 15 is 0 Å². The molecule has 4 aromatic rings. The van der Waals surface area contributed by atoms with E-state index in [2.05, 4.69) is 44.2 Å². The zero-order valence-electron chi connectivity index (χ0n) is 25.5. The normalized spacial score (nSPS) is 13.4. The van der Waals surface area contributed by atoms with Crippen LogP contribution in [0.4, 0.5) is 23.0 Å². The molecule has 0 fully saturated rings. The highest BCUT2D eigenvalue weighted by atomic mass is 16.5. The molecule has 2 heterocycles. The van der Waals surface area contributed by atoms with E-state index in [1.165, 1.54) is 18.2 Å². The molecule has 1 unspecified atom stereocenters. The maximum atomic E-state index is 12.7. The molecular weight excluding hydrogens is 490 g/mol. The number of nitrogens with one attached hydrogen (secondary N) is 3. The Labute approximate surface area is 233 Å². The van der Waals surface area contributed by atoms with Crippen molar-refractivity contribution in [2.24, 2.45) is 7.05 Å². The van der Waals surface area contributed by atoms with E-state index in [0.29, 0.717) is 35.3 Å². The zero-order valence-corrected chi connectivity index (χ0v) is 22.5. The standard InChI is InChI=1S/C30H35N7O2/c1-7-8-13-29(38)33-24-16-25(28(39-6)17-27(24)36(4)18-20(2)31-3)35-30-32-15-14-23(34-30)22-19-37(5)26-12-10-9-11-21(22)26/h7-17,19-20,31H,1,18H2,2-6H3,(H,33,38)(H,32,34,35)/b13-8+/i3D3. The number of carbonyl (C=O) groups excluding carboxylic acids is 1. The van der Waals surface area contributed by atoms with Gasteiger partial charge in [-0.05, 0) is 32.1 Å². The third-order valence-corrected chi connectivity index (χ3v) is 6.24. The van der Waals surface area contributed by atoms with Crippen molar-refractivity contribution in [2.45, 2.75) is 13.0 Å². The van der Waals surface area contributed by atoms with E-state index in [1.54, 1.807) is 32.4 Å². The Kier molecular flexibility index (Phi) is 7.39. The first-order chi connectivity index (χ1) is 20.0. The highest BCUT2D eigenvalue weighted by Gasteiger charge is 2.18. The quantitative estimate of drug-likeness (QED) is 0.184. The average Bonchev–Trinajstić information content (AvgIpc) is 3.27. The van der Waals surface area contributed by atoms with Crippen molar-refractivity contribution in [1.29, 1.82) is 0 Å². The first kappa shape index (κ1) is 23.5. The van der Waals surface area contributed by atoms with Crippen molar-refractivity contribution in [2.75, 3.05) is 43.2 Å². The van der Waals surface area contributed by atoms with Gasteiger partial charge >= 0.3 is 0 Å². The molecule has 1 amide bonds. The summed E-state index contributed by atoms with van der Waals surface area (Å²) in [5.41, 5.74) is 4.45. The molecule has 0 bridgehead atoms. The van der Waals surface area contributed by atoms with Crippen LogP contribution in [-0.2, 0) is 11.8 Å². The molecule has 1 atom stereocenters. The monoisotopic (exact) mass is 528 g/mol. The first-order valence-corrected chi connectivity index (χ1v) is 12.4. The number of ether oxygens (including phenoxy) is 1. The molecule has 0 aliphatic rings. The van der Waals surface area contributed by atoms with Crippen LogP contribution in [0.3, 0.4) is 0 Å². The second-order valence-corrected chi connectivity index (χ2v) is 9.14. The van der Waals surface area contributed by atoms with E-state index in [1.807, 2.05) is 43.4 Å². The minimum Gasteiger partial charge on any atom is -0.494 e. The van der Waals surface area contributed by atoms with E-state index in [9.17, 15) is 4.79 Å². The summed E-state index contributed by atoms with van der Waals surface area (Å²) in [6, 6.07) is 13.1. The number of aromatic nitrogens is 3. The summed E-state index contributed by atoms with van der Waals surface area (Å²) in [5, 5.41) is 9.82. The van der Waals surface area contributed by atoms with Gasteiger partial charge in [-0.3, -0.25) is 4.79 Å². The molecule has 0 radical (unpaired) electrons. The number of para-hydroxylation sites is 1. The number of carbonyl (C=O) groups is 1. The maximum absolute atomic E-state index is 12.7. The number of aryl methyl sites for hydroxylation is 1. The van der Waals surface area contributed by atoms with Crippen molar-refractivity contribution in [3.8, 4) is 17.0 Å². The van der Waals surface area contributed by atoms with Crippen LogP contribution in [0.5, 0.6) is 5.75 Å². The van der Waals surface area contributed by atoms with Gasteiger partial charge in [0.05, 0.1) is 29.9 Å². The Morgan fingerprint density at radius 1 is 1.28 bits per heavy atom. The molecule has 2 aromatic heterocycles. The lowest BCUT2D eigenvalue weighted by atomic mass is 10.1. The number of hydrogen-bond donors (Lipinski definition) is 3. The van der Waals surface area contributed by atoms with Gasteiger partial charge < -0.3 is 30.2 Å². The van der Waals surface area contributed by atoms with E-state index in [0.717, 1.165) is 22.2 Å². The predicted molar refractivity (Wildman–Crippen MR) is 160 cm³/mol. The molecule has 0 aliphatic heterocycles. The molecule has 3 N–H and O–H groups in total. The number of nitrogens with zero attached hydrogens (tertiary/aromatic N) is 4. The summed E-state index contributed by atoms with van der Waals surface area (Å²) in [5.74, 6) is 0.467. The predicted octanol–water partition coefficient (Wildman–Crippen LogP) is 5.11. The van der Waals surface area contributed by atoms with Gasteiger partial charge in [0.25, 0.3) is 0 Å². The zero-order chi connectivity index (χ0) is 30.4. The number of likely N-dealkylation sites (N-methyl/N-ethyl adjacent to an activating group) is 2. The van der Waals surface area contributed by atoms with Crippen molar-refractivity contribution in [3.05, 3.63) is 79.7 Å². The number of methoxy groups -OCH3 is 1. The number of rotatable bonds is 11. The summed E-state index contributed by atoms with van der Waals surface area (Å²) in [6.45, 7) is 3.45. The molecule has 0 saturated heterocycles. The van der Waals surface area contributed by atoms with Crippen LogP contribution in [0.15, 0.2) is 79.7 Å². The van der Waals surface area contributed by atoms with E-state index in [4.69, 9.17) is 13.8 Å². The fraction of sp³-hybridized carbons (Fsp3) is 0.233. The number of anilines is 4. The lowest BCUT2D eigenvalue weighted by Crippen LogP contribution is -2.35. The number of benzene rings is 2.